The van der Waals surface area contributed by atoms with Gasteiger partial charge in [-0.15, -0.1) is 11.6 Å². The molecule has 0 saturated heterocycles. The summed E-state index contributed by atoms with van der Waals surface area (Å²) >= 11 is 5.54. The molecule has 0 aromatic heterocycles. The average Bonchev–Trinajstić information content (AvgIpc) is 2.03. The predicted octanol–water partition coefficient (Wildman–Crippen LogP) is 4.14. The molecule has 0 saturated carbocycles. The molecule has 0 nitrogen and oxygen atoms in total. The molecule has 0 N–H and O–H groups in total. The van der Waals surface area contributed by atoms with Crippen molar-refractivity contribution in [2.45, 2.75) is 45.4 Å². The Labute approximate surface area is 75.6 Å². The lowest BCUT2D eigenvalue weighted by atomic mass is 10.2. The van der Waals surface area contributed by atoms with E-state index in [-0.39, 0.29) is 0 Å². The highest BCUT2D eigenvalue weighted by Crippen LogP contribution is 2.00. The first-order chi connectivity index (χ1) is 5.41. The standard InChI is InChI=1S/C10H19Cl/c1-2-3-4-5-6-7-8-9-10-11/h5-6H,2-4,7-10H2,1H3. The average molecular weight is 175 g/mol. The van der Waals surface area contributed by atoms with Crippen LogP contribution in [0.25, 0.3) is 0 Å². The Hall–Kier alpha value is 0.0300. The summed E-state index contributed by atoms with van der Waals surface area (Å²) in [4.78, 5) is 0. The molecule has 0 heterocycles. The molecule has 0 amide bonds. The SMILES string of the molecule is CCCCC=CCCCCCl. The summed E-state index contributed by atoms with van der Waals surface area (Å²) < 4.78 is 0. The van der Waals surface area contributed by atoms with E-state index in [0.29, 0.717) is 0 Å². The minimum Gasteiger partial charge on any atom is -0.127 e. The van der Waals surface area contributed by atoms with Gasteiger partial charge >= 0.3 is 0 Å². The van der Waals surface area contributed by atoms with Gasteiger partial charge in [-0.25, -0.2) is 0 Å². The van der Waals surface area contributed by atoms with Gasteiger partial charge in [0.25, 0.3) is 0 Å². The highest BCUT2D eigenvalue weighted by atomic mass is 35.5. The fourth-order valence-corrected chi connectivity index (χ4v) is 1.10. The summed E-state index contributed by atoms with van der Waals surface area (Å²) in [7, 11) is 0. The van der Waals surface area contributed by atoms with Crippen LogP contribution >= 0.6 is 11.6 Å². The van der Waals surface area contributed by atoms with Crippen LogP contribution in [0.5, 0.6) is 0 Å². The fourth-order valence-electron chi connectivity index (χ4n) is 0.914. The molecule has 1 heteroatoms. The quantitative estimate of drug-likeness (QED) is 0.309. The Morgan fingerprint density at radius 3 is 2.18 bits per heavy atom. The molecular weight excluding hydrogens is 156 g/mol. The third kappa shape index (κ3) is 10.0. The first-order valence-electron chi connectivity index (χ1n) is 4.62. The molecule has 0 aromatic carbocycles. The lowest BCUT2D eigenvalue weighted by Crippen LogP contribution is -1.74. The van der Waals surface area contributed by atoms with E-state index in [0.717, 1.165) is 12.3 Å². The van der Waals surface area contributed by atoms with Crippen molar-refractivity contribution in [3.05, 3.63) is 12.2 Å². The molecule has 0 rings (SSSR count). The zero-order chi connectivity index (χ0) is 8.36. The monoisotopic (exact) mass is 174 g/mol. The van der Waals surface area contributed by atoms with Gasteiger partial charge in [-0.1, -0.05) is 31.9 Å². The summed E-state index contributed by atoms with van der Waals surface area (Å²) in [5.41, 5.74) is 0. The number of alkyl halides is 1. The zero-order valence-corrected chi connectivity index (χ0v) is 8.24. The second-order valence-corrected chi connectivity index (χ2v) is 3.18. The van der Waals surface area contributed by atoms with Gasteiger partial charge in [-0.2, -0.15) is 0 Å². The van der Waals surface area contributed by atoms with Gasteiger partial charge in [0.2, 0.25) is 0 Å². The van der Waals surface area contributed by atoms with Crippen molar-refractivity contribution in [1.82, 2.24) is 0 Å². The van der Waals surface area contributed by atoms with Crippen molar-refractivity contribution in [3.8, 4) is 0 Å². The van der Waals surface area contributed by atoms with Crippen molar-refractivity contribution in [1.29, 1.82) is 0 Å². The highest BCUT2D eigenvalue weighted by Gasteiger charge is 1.82. The Kier molecular flexibility index (Phi) is 10.1. The number of hydrogen-bond donors (Lipinski definition) is 0. The van der Waals surface area contributed by atoms with E-state index in [4.69, 9.17) is 11.6 Å². The van der Waals surface area contributed by atoms with Gasteiger partial charge < -0.3 is 0 Å². The summed E-state index contributed by atoms with van der Waals surface area (Å²) in [5.74, 6) is 0.808. The van der Waals surface area contributed by atoms with Crippen LogP contribution in [-0.4, -0.2) is 5.88 Å². The van der Waals surface area contributed by atoms with Crippen LogP contribution in [0.15, 0.2) is 12.2 Å². The third-order valence-electron chi connectivity index (χ3n) is 1.65. The Balaban J connectivity index is 2.91. The molecule has 0 atom stereocenters. The van der Waals surface area contributed by atoms with Crippen LogP contribution in [0.4, 0.5) is 0 Å². The summed E-state index contributed by atoms with van der Waals surface area (Å²) in [6.45, 7) is 2.22. The maximum Gasteiger partial charge on any atom is 0.0223 e. The minimum absolute atomic E-state index is 0.808. The van der Waals surface area contributed by atoms with Crippen LogP contribution in [0.3, 0.4) is 0 Å². The molecule has 11 heavy (non-hydrogen) atoms. The van der Waals surface area contributed by atoms with Crippen molar-refractivity contribution < 1.29 is 0 Å². The van der Waals surface area contributed by atoms with Crippen LogP contribution in [0.1, 0.15) is 45.4 Å². The number of allylic oxidation sites excluding steroid dienone is 2. The molecule has 0 aliphatic rings. The van der Waals surface area contributed by atoms with Crippen LogP contribution < -0.4 is 0 Å². The molecule has 0 spiro atoms. The van der Waals surface area contributed by atoms with E-state index in [1.165, 1.54) is 32.1 Å². The van der Waals surface area contributed by atoms with Crippen LogP contribution in [-0.2, 0) is 0 Å². The van der Waals surface area contributed by atoms with E-state index in [2.05, 4.69) is 19.1 Å². The number of hydrogen-bond acceptors (Lipinski definition) is 0. The van der Waals surface area contributed by atoms with Crippen molar-refractivity contribution in [2.75, 3.05) is 5.88 Å². The smallest absolute Gasteiger partial charge is 0.0223 e. The van der Waals surface area contributed by atoms with E-state index in [1.807, 2.05) is 0 Å². The van der Waals surface area contributed by atoms with E-state index in [1.54, 1.807) is 0 Å². The summed E-state index contributed by atoms with van der Waals surface area (Å²) in [6, 6.07) is 0. The first-order valence-corrected chi connectivity index (χ1v) is 5.16. The van der Waals surface area contributed by atoms with Gasteiger partial charge in [0, 0.05) is 5.88 Å². The molecule has 0 aromatic rings. The largest absolute Gasteiger partial charge is 0.127 e. The van der Waals surface area contributed by atoms with Gasteiger partial charge in [-0.05, 0) is 25.7 Å². The lowest BCUT2D eigenvalue weighted by Gasteiger charge is -1.91. The van der Waals surface area contributed by atoms with Gasteiger partial charge in [-0.3, -0.25) is 0 Å². The number of unbranched alkanes of at least 4 members (excludes halogenated alkanes) is 4. The zero-order valence-electron chi connectivity index (χ0n) is 7.48. The van der Waals surface area contributed by atoms with E-state index < -0.39 is 0 Å². The maximum absolute atomic E-state index is 5.54. The molecule has 0 aliphatic heterocycles. The second kappa shape index (κ2) is 10.0. The Morgan fingerprint density at radius 1 is 1.00 bits per heavy atom. The summed E-state index contributed by atoms with van der Waals surface area (Å²) in [6.07, 6.45) is 12.0. The van der Waals surface area contributed by atoms with Gasteiger partial charge in [0.1, 0.15) is 0 Å². The third-order valence-corrected chi connectivity index (χ3v) is 1.91. The van der Waals surface area contributed by atoms with E-state index >= 15 is 0 Å². The maximum atomic E-state index is 5.54. The van der Waals surface area contributed by atoms with Crippen molar-refractivity contribution >= 4 is 11.6 Å². The lowest BCUT2D eigenvalue weighted by molar-refractivity contribution is 0.795. The molecular formula is C10H19Cl. The van der Waals surface area contributed by atoms with Crippen molar-refractivity contribution in [3.63, 3.8) is 0 Å². The topological polar surface area (TPSA) is 0 Å². The van der Waals surface area contributed by atoms with E-state index in [9.17, 15) is 0 Å². The Bertz CT molecular complexity index is 86.9. The van der Waals surface area contributed by atoms with Crippen LogP contribution in [0, 0.1) is 0 Å². The number of rotatable bonds is 7. The normalized spacial score (nSPS) is 11.1. The molecule has 0 unspecified atom stereocenters. The molecule has 0 aliphatic carbocycles. The fraction of sp³-hybridized carbons (Fsp3) is 0.800. The minimum atomic E-state index is 0.808. The van der Waals surface area contributed by atoms with Gasteiger partial charge in [0.05, 0.1) is 0 Å². The number of halogens is 1. The van der Waals surface area contributed by atoms with Crippen molar-refractivity contribution in [2.24, 2.45) is 0 Å². The van der Waals surface area contributed by atoms with Gasteiger partial charge in [0.15, 0.2) is 0 Å². The molecule has 0 bridgehead atoms. The first kappa shape index (κ1) is 11.0. The highest BCUT2D eigenvalue weighted by molar-refractivity contribution is 6.17. The summed E-state index contributed by atoms with van der Waals surface area (Å²) in [5, 5.41) is 0. The predicted molar refractivity (Wildman–Crippen MR) is 53.2 cm³/mol. The second-order valence-electron chi connectivity index (χ2n) is 2.80. The van der Waals surface area contributed by atoms with Crippen LogP contribution in [0.2, 0.25) is 0 Å². The molecule has 0 radical (unpaired) electrons. The molecule has 0 fully saturated rings. The Morgan fingerprint density at radius 2 is 1.64 bits per heavy atom. The molecule has 66 valence electrons.